The minimum absolute atomic E-state index is 0.0140. The van der Waals surface area contributed by atoms with Crippen molar-refractivity contribution in [3.05, 3.63) is 64.1 Å². The molecule has 2 fully saturated rings. The van der Waals surface area contributed by atoms with Crippen LogP contribution in [0.4, 0.5) is 5.69 Å². The van der Waals surface area contributed by atoms with Gasteiger partial charge in [-0.3, -0.25) is 14.4 Å². The average Bonchev–Trinajstić information content (AvgIpc) is 3.36. The first-order valence-corrected chi connectivity index (χ1v) is 10.7. The fourth-order valence-electron chi connectivity index (χ4n) is 4.82. The van der Waals surface area contributed by atoms with Gasteiger partial charge >= 0.3 is 5.97 Å². The Balaban J connectivity index is 1.41. The van der Waals surface area contributed by atoms with Crippen molar-refractivity contribution in [1.29, 1.82) is 0 Å². The van der Waals surface area contributed by atoms with Crippen LogP contribution >= 0.6 is 23.2 Å². The number of hydrogen-bond donors (Lipinski definition) is 1. The number of carbonyl (C=O) groups excluding carboxylic acids is 3. The molecule has 1 amide bonds. The molecule has 7 heteroatoms. The summed E-state index contributed by atoms with van der Waals surface area (Å²) < 4.78 is 5.32. The zero-order chi connectivity index (χ0) is 21.3. The Hall–Kier alpha value is -2.37. The molecule has 5 nitrogen and oxygen atoms in total. The molecule has 0 spiro atoms. The molecule has 4 atom stereocenters. The fourth-order valence-corrected chi connectivity index (χ4v) is 5.15. The first kappa shape index (κ1) is 20.9. The number of nitrogens with one attached hydrogen (secondary N) is 1. The number of Topliss-reactive ketones (excluding diaryl/α,β-unsaturated/α-hetero) is 1. The molecule has 0 aliphatic heterocycles. The Morgan fingerprint density at radius 3 is 2.40 bits per heavy atom. The molecule has 0 heterocycles. The van der Waals surface area contributed by atoms with Crippen LogP contribution in [0.25, 0.3) is 0 Å². The van der Waals surface area contributed by atoms with E-state index in [4.69, 9.17) is 27.9 Å². The average molecular weight is 446 g/mol. The lowest BCUT2D eigenvalue weighted by molar-refractivity contribution is -0.154. The number of hydrogen-bond acceptors (Lipinski definition) is 4. The molecule has 2 saturated carbocycles. The summed E-state index contributed by atoms with van der Waals surface area (Å²) in [5, 5.41) is 3.35. The fraction of sp³-hybridized carbons (Fsp3) is 0.348. The van der Waals surface area contributed by atoms with E-state index in [0.29, 0.717) is 21.3 Å². The highest BCUT2D eigenvalue weighted by Gasteiger charge is 2.54. The van der Waals surface area contributed by atoms with Crippen molar-refractivity contribution in [3.8, 4) is 0 Å². The molecule has 0 unspecified atom stereocenters. The molecule has 2 aliphatic carbocycles. The zero-order valence-corrected chi connectivity index (χ0v) is 17.7. The van der Waals surface area contributed by atoms with Gasteiger partial charge < -0.3 is 10.1 Å². The van der Waals surface area contributed by atoms with Crippen molar-refractivity contribution in [2.75, 3.05) is 11.9 Å². The molecule has 156 valence electrons. The van der Waals surface area contributed by atoms with E-state index in [1.54, 1.807) is 24.3 Å². The summed E-state index contributed by atoms with van der Waals surface area (Å²) in [6.07, 6.45) is 2.71. The molecule has 0 radical (unpaired) electrons. The number of amides is 1. The van der Waals surface area contributed by atoms with Crippen LogP contribution in [0.2, 0.25) is 10.0 Å². The van der Waals surface area contributed by atoms with Gasteiger partial charge in [-0.05, 0) is 49.3 Å². The van der Waals surface area contributed by atoms with E-state index in [1.165, 1.54) is 6.07 Å². The summed E-state index contributed by atoms with van der Waals surface area (Å²) in [7, 11) is 0. The molecule has 30 heavy (non-hydrogen) atoms. The van der Waals surface area contributed by atoms with Crippen LogP contribution in [0.5, 0.6) is 0 Å². The first-order chi connectivity index (χ1) is 14.4. The lowest BCUT2D eigenvalue weighted by Gasteiger charge is -2.28. The smallest absolute Gasteiger partial charge is 0.310 e. The molecule has 2 bridgehead atoms. The minimum Gasteiger partial charge on any atom is -0.455 e. The summed E-state index contributed by atoms with van der Waals surface area (Å²) in [4.78, 5) is 38.2. The Labute approximate surface area is 184 Å². The van der Waals surface area contributed by atoms with Gasteiger partial charge in [0.2, 0.25) is 0 Å². The maximum absolute atomic E-state index is 13.1. The summed E-state index contributed by atoms with van der Waals surface area (Å²) in [5.41, 5.74) is 0.962. The summed E-state index contributed by atoms with van der Waals surface area (Å²) in [6, 6.07) is 13.7. The van der Waals surface area contributed by atoms with E-state index >= 15 is 0 Å². The molecule has 0 saturated heterocycles. The van der Waals surface area contributed by atoms with Gasteiger partial charge in [0, 0.05) is 16.5 Å². The number of esters is 1. The van der Waals surface area contributed by atoms with E-state index in [2.05, 4.69) is 5.32 Å². The van der Waals surface area contributed by atoms with Crippen LogP contribution < -0.4 is 5.32 Å². The largest absolute Gasteiger partial charge is 0.455 e. The Morgan fingerprint density at radius 1 is 0.967 bits per heavy atom. The minimum atomic E-state index is -0.512. The molecule has 4 rings (SSSR count). The predicted octanol–water partition coefficient (Wildman–Crippen LogP) is 5.02. The van der Waals surface area contributed by atoms with Crippen LogP contribution in [0.3, 0.4) is 0 Å². The van der Waals surface area contributed by atoms with Crippen molar-refractivity contribution in [3.63, 3.8) is 0 Å². The second-order valence-corrected chi connectivity index (χ2v) is 8.74. The maximum atomic E-state index is 13.1. The van der Waals surface area contributed by atoms with Crippen molar-refractivity contribution >= 4 is 46.5 Å². The van der Waals surface area contributed by atoms with E-state index < -0.39 is 24.4 Å². The highest BCUT2D eigenvalue weighted by Crippen LogP contribution is 2.53. The molecule has 2 aliphatic rings. The molecule has 1 N–H and O–H groups in total. The molecular weight excluding hydrogens is 425 g/mol. The van der Waals surface area contributed by atoms with Crippen LogP contribution in [-0.4, -0.2) is 24.3 Å². The number of carbonyl (C=O) groups is 3. The monoisotopic (exact) mass is 445 g/mol. The number of anilines is 1. The second kappa shape index (κ2) is 8.78. The van der Waals surface area contributed by atoms with E-state index in [0.717, 1.165) is 19.3 Å². The van der Waals surface area contributed by atoms with Gasteiger partial charge in [0.15, 0.2) is 12.4 Å². The quantitative estimate of drug-likeness (QED) is 0.500. The topological polar surface area (TPSA) is 72.5 Å². The number of fused-ring (bicyclic) bond motifs is 2. The molecule has 2 aromatic rings. The molecule has 2 aromatic carbocycles. The number of benzene rings is 2. The van der Waals surface area contributed by atoms with Gasteiger partial charge in [-0.2, -0.15) is 0 Å². The van der Waals surface area contributed by atoms with E-state index in [1.807, 2.05) is 18.2 Å². The second-order valence-electron chi connectivity index (χ2n) is 7.90. The molecule has 0 aromatic heterocycles. The lowest BCUT2D eigenvalue weighted by Crippen LogP contribution is -2.37. The maximum Gasteiger partial charge on any atom is 0.310 e. The van der Waals surface area contributed by atoms with Crippen LogP contribution in [0.15, 0.2) is 48.5 Å². The van der Waals surface area contributed by atoms with Gasteiger partial charge in [-0.25, -0.2) is 0 Å². The van der Waals surface area contributed by atoms with Gasteiger partial charge in [-0.15, -0.1) is 0 Å². The zero-order valence-electron chi connectivity index (χ0n) is 16.1. The third-order valence-corrected chi connectivity index (χ3v) is 6.66. The number of ketones is 1. The van der Waals surface area contributed by atoms with E-state index in [-0.39, 0.29) is 23.5 Å². The standard InChI is InChI=1S/C23H21Cl2NO4/c24-16-8-9-17(25)18(11-16)26-19(27)12-30-23(29)21-15-7-6-14(10-15)20(21)22(28)13-4-2-1-3-5-13/h1-5,8-9,11,14-15,20-21H,6-7,10,12H2,(H,26,27)/t14-,15-,20-,21+/m0/s1. The summed E-state index contributed by atoms with van der Waals surface area (Å²) in [6.45, 7) is -0.443. The number of halogens is 2. The van der Waals surface area contributed by atoms with Crippen LogP contribution in [0, 0.1) is 23.7 Å². The SMILES string of the molecule is O=C(COC(=O)[C@@H]1[C@H]2CC[C@@H](C2)[C@@H]1C(=O)c1ccccc1)Nc1cc(Cl)ccc1Cl. The highest BCUT2D eigenvalue weighted by molar-refractivity contribution is 6.35. The van der Waals surface area contributed by atoms with Crippen molar-refractivity contribution in [2.24, 2.45) is 23.7 Å². The van der Waals surface area contributed by atoms with Gasteiger partial charge in [-0.1, -0.05) is 53.5 Å². The third-order valence-electron chi connectivity index (χ3n) is 6.10. The number of rotatable bonds is 6. The molecular formula is C23H21Cl2NO4. The Bertz CT molecular complexity index is 978. The summed E-state index contributed by atoms with van der Waals surface area (Å²) >= 11 is 12.0. The number of ether oxygens (including phenoxy) is 1. The summed E-state index contributed by atoms with van der Waals surface area (Å²) in [5.74, 6) is -1.57. The highest BCUT2D eigenvalue weighted by atomic mass is 35.5. The van der Waals surface area contributed by atoms with Crippen molar-refractivity contribution in [1.82, 2.24) is 0 Å². The first-order valence-electron chi connectivity index (χ1n) is 9.95. The van der Waals surface area contributed by atoms with Crippen molar-refractivity contribution < 1.29 is 19.1 Å². The van der Waals surface area contributed by atoms with Gasteiger partial charge in [0.1, 0.15) is 0 Å². The van der Waals surface area contributed by atoms with Crippen molar-refractivity contribution in [2.45, 2.75) is 19.3 Å². The van der Waals surface area contributed by atoms with Crippen LogP contribution in [-0.2, 0) is 14.3 Å². The normalized spacial score (nSPS) is 24.5. The van der Waals surface area contributed by atoms with Gasteiger partial charge in [0.25, 0.3) is 5.91 Å². The lowest BCUT2D eigenvalue weighted by atomic mass is 9.75. The van der Waals surface area contributed by atoms with Gasteiger partial charge in [0.05, 0.1) is 16.6 Å². The van der Waals surface area contributed by atoms with E-state index in [9.17, 15) is 14.4 Å². The Morgan fingerprint density at radius 2 is 1.67 bits per heavy atom. The predicted molar refractivity (Wildman–Crippen MR) is 115 cm³/mol. The van der Waals surface area contributed by atoms with Crippen LogP contribution in [0.1, 0.15) is 29.6 Å². The Kier molecular flexibility index (Phi) is 6.11. The third kappa shape index (κ3) is 4.23.